The molecule has 3 aliphatic heterocycles. The number of hydrogen-bond acceptors (Lipinski definition) is 4. The molecule has 0 aromatic heterocycles. The van der Waals surface area contributed by atoms with Crippen molar-refractivity contribution in [3.63, 3.8) is 0 Å². The van der Waals surface area contributed by atoms with Crippen molar-refractivity contribution < 1.29 is 32.2 Å². The number of carbonyl (C=O) groups is 2. The summed E-state index contributed by atoms with van der Waals surface area (Å²) >= 11 is 0. The van der Waals surface area contributed by atoms with E-state index >= 15 is 0 Å². The Balaban J connectivity index is 1.45. The van der Waals surface area contributed by atoms with Crippen LogP contribution in [0.15, 0.2) is 42.5 Å². The number of anilines is 2. The standard InChI is InChI=1S/C26H25F3N2O4/c1-24(2)19-6-4-17(13-20(19)31-23(24)33)30-22(32)11-15-14-25(7-9-34-10-8-25)35-21-12-16(26(27,28)29)3-5-18(15)21/h3-6,11-13H,7-10,14H2,1-2H3,(H,30,32)(H,31,33). The van der Waals surface area contributed by atoms with Crippen LogP contribution < -0.4 is 15.4 Å². The summed E-state index contributed by atoms with van der Waals surface area (Å²) in [6.45, 7) is 4.53. The first-order chi connectivity index (χ1) is 16.5. The van der Waals surface area contributed by atoms with Crippen LogP contribution in [0, 0.1) is 0 Å². The zero-order valence-electron chi connectivity index (χ0n) is 19.3. The van der Waals surface area contributed by atoms with Crippen LogP contribution in [-0.4, -0.2) is 30.6 Å². The molecule has 35 heavy (non-hydrogen) atoms. The molecule has 2 aromatic rings. The van der Waals surface area contributed by atoms with Crippen LogP contribution in [-0.2, 0) is 25.9 Å². The predicted octanol–water partition coefficient (Wildman–Crippen LogP) is 5.29. The summed E-state index contributed by atoms with van der Waals surface area (Å²) in [5, 5.41) is 5.63. The molecule has 0 atom stereocenters. The fourth-order valence-corrected chi connectivity index (χ4v) is 4.92. The molecule has 0 bridgehead atoms. The van der Waals surface area contributed by atoms with Gasteiger partial charge in [-0.15, -0.1) is 0 Å². The van der Waals surface area contributed by atoms with Crippen LogP contribution in [0.1, 0.15) is 49.8 Å². The number of nitrogens with one attached hydrogen (secondary N) is 2. The quantitative estimate of drug-likeness (QED) is 0.566. The lowest BCUT2D eigenvalue weighted by atomic mass is 9.81. The molecule has 6 nitrogen and oxygen atoms in total. The monoisotopic (exact) mass is 486 g/mol. The van der Waals surface area contributed by atoms with Gasteiger partial charge in [0.1, 0.15) is 11.4 Å². The third-order valence-corrected chi connectivity index (χ3v) is 6.98. The predicted molar refractivity (Wildman–Crippen MR) is 124 cm³/mol. The summed E-state index contributed by atoms with van der Waals surface area (Å²) in [6, 6.07) is 8.59. The van der Waals surface area contributed by atoms with Crippen LogP contribution in [0.5, 0.6) is 5.75 Å². The van der Waals surface area contributed by atoms with E-state index in [1.165, 1.54) is 12.1 Å². The van der Waals surface area contributed by atoms with Gasteiger partial charge < -0.3 is 20.1 Å². The van der Waals surface area contributed by atoms with Gasteiger partial charge in [-0.3, -0.25) is 9.59 Å². The summed E-state index contributed by atoms with van der Waals surface area (Å²) in [4.78, 5) is 25.2. The molecule has 2 N–H and O–H groups in total. The highest BCUT2D eigenvalue weighted by Crippen LogP contribution is 2.46. The smallest absolute Gasteiger partial charge is 0.416 e. The number of benzene rings is 2. The maximum atomic E-state index is 13.3. The Hall–Kier alpha value is -3.33. The van der Waals surface area contributed by atoms with Gasteiger partial charge in [0, 0.05) is 42.3 Å². The van der Waals surface area contributed by atoms with Crippen molar-refractivity contribution in [3.05, 3.63) is 59.2 Å². The van der Waals surface area contributed by atoms with Gasteiger partial charge in [-0.2, -0.15) is 13.2 Å². The average Bonchev–Trinajstić information content (AvgIpc) is 3.00. The van der Waals surface area contributed by atoms with Crippen molar-refractivity contribution in [3.8, 4) is 5.75 Å². The van der Waals surface area contributed by atoms with Gasteiger partial charge >= 0.3 is 6.18 Å². The Morgan fingerprint density at radius 3 is 2.57 bits per heavy atom. The van der Waals surface area contributed by atoms with Crippen molar-refractivity contribution in [2.45, 2.75) is 50.3 Å². The van der Waals surface area contributed by atoms with E-state index in [0.717, 1.165) is 17.7 Å². The highest BCUT2D eigenvalue weighted by Gasteiger charge is 2.42. The molecule has 0 saturated carbocycles. The number of hydrogen-bond donors (Lipinski definition) is 2. The minimum absolute atomic E-state index is 0.114. The van der Waals surface area contributed by atoms with Crippen LogP contribution in [0.3, 0.4) is 0 Å². The number of ether oxygens (including phenoxy) is 2. The zero-order valence-corrected chi connectivity index (χ0v) is 19.3. The van der Waals surface area contributed by atoms with Crippen LogP contribution in [0.2, 0.25) is 0 Å². The molecular weight excluding hydrogens is 461 g/mol. The summed E-state index contributed by atoms with van der Waals surface area (Å²) in [5.74, 6) is -0.412. The molecule has 3 heterocycles. The first-order valence-electron chi connectivity index (χ1n) is 11.4. The minimum atomic E-state index is -4.50. The lowest BCUT2D eigenvalue weighted by Crippen LogP contribution is -2.44. The van der Waals surface area contributed by atoms with E-state index in [1.54, 1.807) is 18.2 Å². The molecule has 3 aliphatic rings. The maximum absolute atomic E-state index is 13.3. The summed E-state index contributed by atoms with van der Waals surface area (Å²) in [7, 11) is 0. The number of amides is 2. The molecule has 0 unspecified atom stereocenters. The number of halogens is 3. The van der Waals surface area contributed by atoms with Crippen LogP contribution >= 0.6 is 0 Å². The molecule has 5 rings (SSSR count). The summed E-state index contributed by atoms with van der Waals surface area (Å²) in [5.41, 5.74) is 0.894. The first-order valence-corrected chi connectivity index (χ1v) is 11.4. The molecule has 2 aromatic carbocycles. The fourth-order valence-electron chi connectivity index (χ4n) is 4.92. The van der Waals surface area contributed by atoms with Crippen LogP contribution in [0.4, 0.5) is 24.5 Å². The third kappa shape index (κ3) is 4.29. The Labute approximate surface area is 200 Å². The lowest BCUT2D eigenvalue weighted by molar-refractivity contribution is -0.138. The molecule has 1 saturated heterocycles. The first kappa shape index (κ1) is 23.4. The van der Waals surface area contributed by atoms with Gasteiger partial charge in [-0.25, -0.2) is 0 Å². The largest absolute Gasteiger partial charge is 0.486 e. The van der Waals surface area contributed by atoms with Gasteiger partial charge in [0.15, 0.2) is 0 Å². The summed E-state index contributed by atoms with van der Waals surface area (Å²) in [6.07, 6.45) is -1.67. The number of fused-ring (bicyclic) bond motifs is 2. The topological polar surface area (TPSA) is 76.7 Å². The van der Waals surface area contributed by atoms with E-state index in [0.29, 0.717) is 55.0 Å². The maximum Gasteiger partial charge on any atom is 0.416 e. The Morgan fingerprint density at radius 1 is 1.11 bits per heavy atom. The molecule has 0 radical (unpaired) electrons. The van der Waals surface area contributed by atoms with Gasteiger partial charge in [0.2, 0.25) is 11.8 Å². The van der Waals surface area contributed by atoms with Crippen LogP contribution in [0.25, 0.3) is 5.57 Å². The van der Waals surface area contributed by atoms with Gasteiger partial charge in [-0.1, -0.05) is 12.1 Å². The number of carbonyl (C=O) groups excluding carboxylic acids is 2. The second-order valence-corrected chi connectivity index (χ2v) is 9.78. The van der Waals surface area contributed by atoms with E-state index in [1.807, 2.05) is 13.8 Å². The normalized spacial score (nSPS) is 21.2. The fraction of sp³-hybridized carbons (Fsp3) is 0.385. The highest BCUT2D eigenvalue weighted by molar-refractivity contribution is 6.08. The van der Waals surface area contributed by atoms with Crippen molar-refractivity contribution in [1.29, 1.82) is 0 Å². The number of rotatable bonds is 2. The molecule has 1 fully saturated rings. The van der Waals surface area contributed by atoms with E-state index in [9.17, 15) is 22.8 Å². The Bertz CT molecular complexity index is 1240. The van der Waals surface area contributed by atoms with Crippen molar-refractivity contribution in [2.75, 3.05) is 23.8 Å². The summed E-state index contributed by atoms with van der Waals surface area (Å²) < 4.78 is 51.5. The van der Waals surface area contributed by atoms with Crippen molar-refractivity contribution in [2.24, 2.45) is 0 Å². The lowest BCUT2D eigenvalue weighted by Gasteiger charge is -2.42. The van der Waals surface area contributed by atoms with E-state index in [-0.39, 0.29) is 11.7 Å². The van der Waals surface area contributed by atoms with Gasteiger partial charge in [0.25, 0.3) is 0 Å². The SMILES string of the molecule is CC1(C)C(=O)Nc2cc(NC(=O)C=C3CC4(CCOCC4)Oc4cc(C(F)(F)F)ccc43)ccc21. The van der Waals surface area contributed by atoms with Gasteiger partial charge in [0.05, 0.1) is 24.2 Å². The molecule has 9 heteroatoms. The molecule has 0 aliphatic carbocycles. The highest BCUT2D eigenvalue weighted by atomic mass is 19.4. The second kappa shape index (κ2) is 8.12. The molecule has 2 amide bonds. The molecule has 1 spiro atoms. The zero-order chi connectivity index (χ0) is 25.0. The van der Waals surface area contributed by atoms with E-state index in [4.69, 9.17) is 9.47 Å². The van der Waals surface area contributed by atoms with E-state index in [2.05, 4.69) is 10.6 Å². The second-order valence-electron chi connectivity index (χ2n) is 9.78. The van der Waals surface area contributed by atoms with Gasteiger partial charge in [-0.05, 0) is 49.2 Å². The molecular formula is C26H25F3N2O4. The minimum Gasteiger partial charge on any atom is -0.486 e. The third-order valence-electron chi connectivity index (χ3n) is 6.98. The average molecular weight is 486 g/mol. The Morgan fingerprint density at radius 2 is 1.86 bits per heavy atom. The van der Waals surface area contributed by atoms with Crippen molar-refractivity contribution in [1.82, 2.24) is 0 Å². The number of alkyl halides is 3. The van der Waals surface area contributed by atoms with E-state index < -0.39 is 28.7 Å². The van der Waals surface area contributed by atoms with Crippen molar-refractivity contribution >= 4 is 28.8 Å². The molecule has 184 valence electrons. The Kier molecular flexibility index (Phi) is 5.43.